The summed E-state index contributed by atoms with van der Waals surface area (Å²) in [6.07, 6.45) is -3.05. The predicted octanol–water partition coefficient (Wildman–Crippen LogP) is 1.23. The first kappa shape index (κ1) is 42.4. The summed E-state index contributed by atoms with van der Waals surface area (Å²) in [4.78, 5) is 0. The van der Waals surface area contributed by atoms with Crippen LogP contribution < -0.4 is 0 Å². The third kappa shape index (κ3) is 12.6. The molecule has 9 unspecified atom stereocenters. The number of aliphatic hydroxyl groups is 4. The minimum atomic E-state index is -0.971. The Balaban J connectivity index is 2.13. The molecule has 0 spiro atoms. The van der Waals surface area contributed by atoms with Crippen LogP contribution in [0.25, 0.3) is 11.1 Å². The zero-order chi connectivity index (χ0) is 37.2. The normalized spacial score (nSPS) is 30.9. The molecule has 3 rings (SSSR count). The smallest absolute Gasteiger partial charge is 0.204 e. The lowest BCUT2D eigenvalue weighted by molar-refractivity contribution is -1.03. The van der Waals surface area contributed by atoms with Crippen LogP contribution in [0.1, 0.15) is 11.1 Å². The molecule has 0 saturated carbocycles. The Bertz CT molecular complexity index is 1310. The summed E-state index contributed by atoms with van der Waals surface area (Å²) in [5.74, 6) is 0. The first-order valence-corrected chi connectivity index (χ1v) is 17.8. The number of benzene rings is 2. The van der Waals surface area contributed by atoms with Gasteiger partial charge in [-0.25, -0.2) is 0 Å². The van der Waals surface area contributed by atoms with Crippen molar-refractivity contribution in [2.24, 2.45) is 0 Å². The van der Waals surface area contributed by atoms with Crippen molar-refractivity contribution in [3.8, 4) is 11.1 Å². The number of hydrogen-bond donors (Lipinski definition) is 4. The van der Waals surface area contributed by atoms with Gasteiger partial charge in [0.25, 0.3) is 0 Å². The third-order valence-electron chi connectivity index (χ3n) is 11.3. The van der Waals surface area contributed by atoms with Gasteiger partial charge in [-0.2, -0.15) is 0 Å². The molecule has 0 bridgehead atoms. The van der Waals surface area contributed by atoms with E-state index in [0.29, 0.717) is 76.8 Å². The molecule has 0 amide bonds. The van der Waals surface area contributed by atoms with Crippen LogP contribution in [-0.4, -0.2) is 198 Å². The molecule has 284 valence electrons. The van der Waals surface area contributed by atoms with E-state index in [4.69, 9.17) is 18.9 Å². The Morgan fingerprint density at radius 2 is 1.02 bits per heavy atom. The summed E-state index contributed by atoms with van der Waals surface area (Å²) in [7, 11) is 14.8. The van der Waals surface area contributed by atoms with Gasteiger partial charge in [-0.15, -0.1) is 0 Å². The van der Waals surface area contributed by atoms with Crippen LogP contribution in [0.2, 0.25) is 0 Å². The standard InChI is InChI=1S/C38H68N4O8/c1-30-11-10-12-33(23-30)32-15-13-31(14-16-32)24-34-25-41(4,28-37(45)49-8)20-19-39(2,26-35(43)47-6)17-18-40(3,27-36(44)48-7)21-22-42(34,5)29-38(46)50-9/h10-16,23,34-38,43-46H,17-22,24-29H2,1-9H3/q+4. The number of likely N-dealkylation sites (N-methyl/N-ethyl adjacent to an activating group) is 4. The average Bonchev–Trinajstić information content (AvgIpc) is 3.08. The minimum absolute atomic E-state index is 0.00206. The Kier molecular flexibility index (Phi) is 15.8. The maximum atomic E-state index is 11.0. The number of aryl methyl sites for hydroxylation is 1. The molecule has 0 aromatic heterocycles. The molecule has 50 heavy (non-hydrogen) atoms. The van der Waals surface area contributed by atoms with Crippen LogP contribution >= 0.6 is 0 Å². The van der Waals surface area contributed by atoms with Crippen LogP contribution in [0.4, 0.5) is 0 Å². The lowest BCUT2D eigenvalue weighted by atomic mass is 9.97. The fraction of sp³-hybridized carbons (Fsp3) is 0.684. The van der Waals surface area contributed by atoms with E-state index in [1.807, 2.05) is 0 Å². The van der Waals surface area contributed by atoms with E-state index in [2.05, 4.69) is 83.6 Å². The molecular formula is C38H68N4O8+4. The Hall–Kier alpha value is -2.04. The number of quaternary nitrogens is 4. The lowest BCUT2D eigenvalue weighted by Crippen LogP contribution is -2.69. The highest BCUT2D eigenvalue weighted by Gasteiger charge is 2.45. The summed E-state index contributed by atoms with van der Waals surface area (Å²) in [5, 5.41) is 43.3. The molecule has 1 heterocycles. The summed E-state index contributed by atoms with van der Waals surface area (Å²) in [6.45, 7) is 8.59. The molecule has 2 aromatic carbocycles. The quantitative estimate of drug-likeness (QED) is 0.161. The monoisotopic (exact) mass is 709 g/mol. The molecule has 12 heteroatoms. The number of methoxy groups -OCH3 is 4. The van der Waals surface area contributed by atoms with Crippen molar-refractivity contribution in [3.63, 3.8) is 0 Å². The minimum Gasteiger partial charge on any atom is -0.364 e. The second kappa shape index (κ2) is 18.6. The van der Waals surface area contributed by atoms with Gasteiger partial charge in [0.1, 0.15) is 78.0 Å². The predicted molar refractivity (Wildman–Crippen MR) is 194 cm³/mol. The van der Waals surface area contributed by atoms with Crippen LogP contribution in [0.5, 0.6) is 0 Å². The average molecular weight is 709 g/mol. The number of rotatable bonds is 15. The second-order valence-corrected chi connectivity index (χ2v) is 15.8. The van der Waals surface area contributed by atoms with Crippen molar-refractivity contribution in [2.45, 2.75) is 44.5 Å². The van der Waals surface area contributed by atoms with Gasteiger partial charge < -0.3 is 57.3 Å². The molecule has 1 aliphatic rings. The van der Waals surface area contributed by atoms with Gasteiger partial charge in [-0.1, -0.05) is 54.1 Å². The van der Waals surface area contributed by atoms with Gasteiger partial charge in [-0.3, -0.25) is 0 Å². The Morgan fingerprint density at radius 3 is 1.50 bits per heavy atom. The van der Waals surface area contributed by atoms with E-state index in [1.165, 1.54) is 45.1 Å². The topological polar surface area (TPSA) is 118 Å². The summed E-state index contributed by atoms with van der Waals surface area (Å²) >= 11 is 0. The van der Waals surface area contributed by atoms with Crippen LogP contribution in [-0.2, 0) is 25.4 Å². The first-order chi connectivity index (χ1) is 23.5. The molecule has 0 aliphatic carbocycles. The van der Waals surface area contributed by atoms with E-state index in [9.17, 15) is 20.4 Å². The van der Waals surface area contributed by atoms with Crippen molar-refractivity contribution in [2.75, 3.05) is 129 Å². The van der Waals surface area contributed by atoms with Gasteiger partial charge >= 0.3 is 0 Å². The number of nitrogens with zero attached hydrogens (tertiary/aromatic N) is 4. The lowest BCUT2D eigenvalue weighted by Gasteiger charge is -2.50. The van der Waals surface area contributed by atoms with Gasteiger partial charge in [0, 0.05) is 34.9 Å². The number of ether oxygens (including phenoxy) is 4. The first-order valence-electron chi connectivity index (χ1n) is 17.8. The van der Waals surface area contributed by atoms with E-state index in [-0.39, 0.29) is 6.04 Å². The third-order valence-corrected chi connectivity index (χ3v) is 11.3. The van der Waals surface area contributed by atoms with Gasteiger partial charge in [-0.05, 0) is 23.6 Å². The Labute approximate surface area is 300 Å². The SMILES string of the molecule is COC(O)C[N+]1(C)CC[N+](C)(CC(O)OC)CC[N+](C)(CC(O)OC)C(Cc2ccc(-c3cccc(C)c3)cc2)C[N+](C)(CC(O)OC)CC1. The van der Waals surface area contributed by atoms with E-state index >= 15 is 0 Å². The Morgan fingerprint density at radius 1 is 0.580 bits per heavy atom. The summed E-state index contributed by atoms with van der Waals surface area (Å²) in [6, 6.07) is 17.3. The fourth-order valence-corrected chi connectivity index (χ4v) is 7.41. The fourth-order valence-electron chi connectivity index (χ4n) is 7.41. The maximum absolute atomic E-state index is 11.0. The van der Waals surface area contributed by atoms with Crippen LogP contribution in [0, 0.1) is 6.92 Å². The summed E-state index contributed by atoms with van der Waals surface area (Å²) in [5.41, 5.74) is 4.74. The second-order valence-electron chi connectivity index (χ2n) is 15.8. The van der Waals surface area contributed by atoms with Gasteiger partial charge in [0.05, 0.1) is 28.2 Å². The van der Waals surface area contributed by atoms with Crippen molar-refractivity contribution in [3.05, 3.63) is 59.7 Å². The maximum Gasteiger partial charge on any atom is 0.204 e. The molecule has 1 fully saturated rings. The van der Waals surface area contributed by atoms with Crippen molar-refractivity contribution in [1.82, 2.24) is 0 Å². The summed E-state index contributed by atoms with van der Waals surface area (Å²) < 4.78 is 23.7. The van der Waals surface area contributed by atoms with Crippen LogP contribution in [0.3, 0.4) is 0 Å². The van der Waals surface area contributed by atoms with E-state index in [0.717, 1.165) is 25.1 Å². The zero-order valence-corrected chi connectivity index (χ0v) is 32.2. The molecule has 2 aromatic rings. The van der Waals surface area contributed by atoms with Crippen LogP contribution in [0.15, 0.2) is 48.5 Å². The molecule has 1 saturated heterocycles. The zero-order valence-electron chi connectivity index (χ0n) is 32.2. The van der Waals surface area contributed by atoms with E-state index < -0.39 is 25.2 Å². The van der Waals surface area contributed by atoms with Crippen molar-refractivity contribution >= 4 is 0 Å². The van der Waals surface area contributed by atoms with Gasteiger partial charge in [0.2, 0.25) is 25.2 Å². The number of hydrogen-bond acceptors (Lipinski definition) is 8. The van der Waals surface area contributed by atoms with Crippen molar-refractivity contribution in [1.29, 1.82) is 0 Å². The molecular weight excluding hydrogens is 640 g/mol. The molecule has 9 atom stereocenters. The van der Waals surface area contributed by atoms with E-state index in [1.54, 1.807) is 0 Å². The molecule has 12 nitrogen and oxygen atoms in total. The van der Waals surface area contributed by atoms with Crippen molar-refractivity contribution < 1.29 is 57.3 Å². The molecule has 1 aliphatic heterocycles. The highest BCUT2D eigenvalue weighted by molar-refractivity contribution is 5.64. The molecule has 0 radical (unpaired) electrons. The molecule has 4 N–H and O–H groups in total. The van der Waals surface area contributed by atoms with Gasteiger partial charge in [0.15, 0.2) is 0 Å². The largest absolute Gasteiger partial charge is 0.364 e. The number of aliphatic hydroxyl groups excluding tert-OH is 4. The highest BCUT2D eigenvalue weighted by atomic mass is 16.6. The highest BCUT2D eigenvalue weighted by Crippen LogP contribution is 2.27.